The maximum atomic E-state index is 5.36. The number of fused-ring (bicyclic) bond motifs is 1. The second kappa shape index (κ2) is 11.2. The van der Waals surface area contributed by atoms with Gasteiger partial charge in [-0.05, 0) is 36.6 Å². The molecule has 1 aliphatic rings. The molecule has 0 fully saturated rings. The lowest BCUT2D eigenvalue weighted by Crippen LogP contribution is -2.39. The molecular formula is C20H29IN4O. The molecule has 0 aliphatic carbocycles. The van der Waals surface area contributed by atoms with Gasteiger partial charge in [0.1, 0.15) is 5.76 Å². The molecule has 0 saturated carbocycles. The first-order valence-corrected chi connectivity index (χ1v) is 9.19. The van der Waals surface area contributed by atoms with Crippen LogP contribution in [0, 0.1) is 0 Å². The van der Waals surface area contributed by atoms with Crippen molar-refractivity contribution in [2.24, 2.45) is 4.99 Å². The third kappa shape index (κ3) is 6.32. The van der Waals surface area contributed by atoms with Crippen molar-refractivity contribution in [3.8, 4) is 0 Å². The van der Waals surface area contributed by atoms with E-state index in [4.69, 9.17) is 9.41 Å². The molecule has 0 saturated heterocycles. The Morgan fingerprint density at radius 3 is 2.77 bits per heavy atom. The highest BCUT2D eigenvalue weighted by molar-refractivity contribution is 14.0. The minimum atomic E-state index is 0. The average Bonchev–Trinajstić information content (AvgIpc) is 3.15. The molecule has 1 aromatic heterocycles. The molecule has 1 aromatic carbocycles. The molecular weight excluding hydrogens is 439 g/mol. The fourth-order valence-corrected chi connectivity index (χ4v) is 3.15. The summed E-state index contributed by atoms with van der Waals surface area (Å²) in [5.41, 5.74) is 2.95. The number of nitrogens with zero attached hydrogens (tertiary/aromatic N) is 2. The average molecular weight is 468 g/mol. The summed E-state index contributed by atoms with van der Waals surface area (Å²) in [6.07, 6.45) is 3.72. The third-order valence-electron chi connectivity index (χ3n) is 4.48. The molecule has 0 radical (unpaired) electrons. The SMILES string of the molecule is CCNC(=NCCN1CCc2ccccc2C1)NCCc1ccco1.I. The van der Waals surface area contributed by atoms with E-state index in [0.717, 1.165) is 63.8 Å². The van der Waals surface area contributed by atoms with Crippen molar-refractivity contribution in [2.75, 3.05) is 32.7 Å². The molecule has 142 valence electrons. The van der Waals surface area contributed by atoms with Crippen molar-refractivity contribution in [2.45, 2.75) is 26.3 Å². The Labute approximate surface area is 173 Å². The standard InChI is InChI=1S/C20H28N4O.HI/c1-2-21-20(22-11-9-19-8-5-15-25-19)23-12-14-24-13-10-17-6-3-4-7-18(17)16-24;/h3-8,15H,2,9-14,16H2,1H3,(H2,21,22,23);1H. The van der Waals surface area contributed by atoms with Crippen LogP contribution in [0.1, 0.15) is 23.8 Å². The van der Waals surface area contributed by atoms with Crippen LogP contribution in [0.15, 0.2) is 52.1 Å². The molecule has 0 atom stereocenters. The third-order valence-corrected chi connectivity index (χ3v) is 4.48. The van der Waals surface area contributed by atoms with Gasteiger partial charge in [-0.2, -0.15) is 0 Å². The molecule has 1 aliphatic heterocycles. The van der Waals surface area contributed by atoms with E-state index in [-0.39, 0.29) is 24.0 Å². The Morgan fingerprint density at radius 2 is 2.00 bits per heavy atom. The summed E-state index contributed by atoms with van der Waals surface area (Å²) < 4.78 is 5.36. The van der Waals surface area contributed by atoms with Crippen LogP contribution in [-0.4, -0.2) is 43.6 Å². The summed E-state index contributed by atoms with van der Waals surface area (Å²) in [6, 6.07) is 12.7. The Bertz CT molecular complexity index is 672. The number of guanidine groups is 1. The van der Waals surface area contributed by atoms with Crippen molar-refractivity contribution in [1.29, 1.82) is 0 Å². The number of benzene rings is 1. The summed E-state index contributed by atoms with van der Waals surface area (Å²) in [5.74, 6) is 1.88. The fourth-order valence-electron chi connectivity index (χ4n) is 3.15. The highest BCUT2D eigenvalue weighted by atomic mass is 127. The fraction of sp³-hybridized carbons (Fsp3) is 0.450. The van der Waals surface area contributed by atoms with Crippen LogP contribution in [0.25, 0.3) is 0 Å². The highest BCUT2D eigenvalue weighted by Gasteiger charge is 2.14. The van der Waals surface area contributed by atoms with E-state index in [1.807, 2.05) is 12.1 Å². The Morgan fingerprint density at radius 1 is 1.15 bits per heavy atom. The van der Waals surface area contributed by atoms with E-state index < -0.39 is 0 Å². The van der Waals surface area contributed by atoms with Gasteiger partial charge in [0.2, 0.25) is 0 Å². The van der Waals surface area contributed by atoms with Gasteiger partial charge in [0, 0.05) is 39.1 Å². The number of aliphatic imine (C=N–C) groups is 1. The van der Waals surface area contributed by atoms with Gasteiger partial charge in [-0.15, -0.1) is 24.0 Å². The summed E-state index contributed by atoms with van der Waals surface area (Å²) in [7, 11) is 0. The predicted molar refractivity (Wildman–Crippen MR) is 117 cm³/mol. The number of nitrogens with one attached hydrogen (secondary N) is 2. The molecule has 5 nitrogen and oxygen atoms in total. The van der Waals surface area contributed by atoms with E-state index in [1.54, 1.807) is 6.26 Å². The number of furan rings is 1. The van der Waals surface area contributed by atoms with Gasteiger partial charge in [-0.25, -0.2) is 0 Å². The number of hydrogen-bond acceptors (Lipinski definition) is 3. The summed E-state index contributed by atoms with van der Waals surface area (Å²) in [5, 5.41) is 6.68. The largest absolute Gasteiger partial charge is 0.469 e. The molecule has 2 aromatic rings. The van der Waals surface area contributed by atoms with E-state index in [0.29, 0.717) is 0 Å². The first-order chi connectivity index (χ1) is 12.3. The second-order valence-corrected chi connectivity index (χ2v) is 6.31. The first-order valence-electron chi connectivity index (χ1n) is 9.19. The topological polar surface area (TPSA) is 52.8 Å². The van der Waals surface area contributed by atoms with Gasteiger partial charge >= 0.3 is 0 Å². The molecule has 2 heterocycles. The van der Waals surface area contributed by atoms with Gasteiger partial charge in [-0.3, -0.25) is 9.89 Å². The van der Waals surface area contributed by atoms with Crippen LogP contribution in [0.2, 0.25) is 0 Å². The van der Waals surface area contributed by atoms with Crippen molar-refractivity contribution in [1.82, 2.24) is 15.5 Å². The molecule has 0 amide bonds. The second-order valence-electron chi connectivity index (χ2n) is 6.31. The zero-order valence-corrected chi connectivity index (χ0v) is 17.7. The van der Waals surface area contributed by atoms with E-state index in [9.17, 15) is 0 Å². The number of hydrogen-bond donors (Lipinski definition) is 2. The Balaban J connectivity index is 0.00000243. The monoisotopic (exact) mass is 468 g/mol. The lowest BCUT2D eigenvalue weighted by molar-refractivity contribution is 0.261. The van der Waals surface area contributed by atoms with Crippen molar-refractivity contribution < 1.29 is 4.42 Å². The molecule has 2 N–H and O–H groups in total. The predicted octanol–water partition coefficient (Wildman–Crippen LogP) is 3.05. The first kappa shape index (κ1) is 20.8. The van der Waals surface area contributed by atoms with Crippen molar-refractivity contribution >= 4 is 29.9 Å². The van der Waals surface area contributed by atoms with Crippen LogP contribution in [0.4, 0.5) is 0 Å². The molecule has 26 heavy (non-hydrogen) atoms. The Kier molecular flexibility index (Phi) is 8.97. The summed E-state index contributed by atoms with van der Waals surface area (Å²) >= 11 is 0. The maximum Gasteiger partial charge on any atom is 0.191 e. The Hall–Kier alpha value is -1.54. The van der Waals surface area contributed by atoms with E-state index >= 15 is 0 Å². The van der Waals surface area contributed by atoms with Crippen molar-refractivity contribution in [3.63, 3.8) is 0 Å². The quantitative estimate of drug-likeness (QED) is 0.373. The van der Waals surface area contributed by atoms with Crippen LogP contribution in [0.3, 0.4) is 0 Å². The highest BCUT2D eigenvalue weighted by Crippen LogP contribution is 2.17. The molecule has 6 heteroatoms. The van der Waals surface area contributed by atoms with Crippen LogP contribution < -0.4 is 10.6 Å². The minimum Gasteiger partial charge on any atom is -0.469 e. The van der Waals surface area contributed by atoms with E-state index in [1.165, 1.54) is 11.1 Å². The zero-order valence-electron chi connectivity index (χ0n) is 15.4. The van der Waals surface area contributed by atoms with Crippen molar-refractivity contribution in [3.05, 3.63) is 59.5 Å². The summed E-state index contributed by atoms with van der Waals surface area (Å²) in [4.78, 5) is 7.19. The molecule has 0 spiro atoms. The molecule has 0 unspecified atom stereocenters. The normalized spacial score (nSPS) is 14.4. The van der Waals surface area contributed by atoms with Gasteiger partial charge in [0.05, 0.1) is 12.8 Å². The van der Waals surface area contributed by atoms with Gasteiger partial charge in [0.25, 0.3) is 0 Å². The van der Waals surface area contributed by atoms with Crippen LogP contribution in [0.5, 0.6) is 0 Å². The van der Waals surface area contributed by atoms with Gasteiger partial charge in [-0.1, -0.05) is 24.3 Å². The molecule has 3 rings (SSSR count). The molecule has 0 bridgehead atoms. The van der Waals surface area contributed by atoms with Crippen LogP contribution >= 0.6 is 24.0 Å². The van der Waals surface area contributed by atoms with E-state index in [2.05, 4.69) is 46.7 Å². The van der Waals surface area contributed by atoms with Gasteiger partial charge in [0.15, 0.2) is 5.96 Å². The lowest BCUT2D eigenvalue weighted by Gasteiger charge is -2.28. The zero-order chi connectivity index (χ0) is 17.3. The van der Waals surface area contributed by atoms with Crippen LogP contribution in [-0.2, 0) is 19.4 Å². The minimum absolute atomic E-state index is 0. The number of halogens is 1. The number of rotatable bonds is 7. The smallest absolute Gasteiger partial charge is 0.191 e. The maximum absolute atomic E-state index is 5.36. The summed E-state index contributed by atoms with van der Waals surface area (Å²) in [6.45, 7) is 7.72. The van der Waals surface area contributed by atoms with Gasteiger partial charge < -0.3 is 15.1 Å². The lowest BCUT2D eigenvalue weighted by atomic mass is 10.0.